The van der Waals surface area contributed by atoms with Crippen LogP contribution in [-0.2, 0) is 10.0 Å². The van der Waals surface area contributed by atoms with Gasteiger partial charge >= 0.3 is 0 Å². The first-order valence-corrected chi connectivity index (χ1v) is 10.9. The van der Waals surface area contributed by atoms with Crippen LogP contribution in [0.4, 0.5) is 5.69 Å². The van der Waals surface area contributed by atoms with Crippen molar-refractivity contribution >= 4 is 44.8 Å². The second-order valence-corrected chi connectivity index (χ2v) is 8.50. The summed E-state index contributed by atoms with van der Waals surface area (Å²) in [5.74, 6) is -0.124. The molecule has 0 radical (unpaired) electrons. The standard InChI is InChI=1S/C19H22Cl2N2O3S/c1-3-5-11-23(4-2)19(24)14-7-6-8-15(12-14)22-27(25,26)16-9-10-17(20)18(21)13-16/h6-10,12-13,22H,3-5,11H2,1-2H3. The molecular weight excluding hydrogens is 407 g/mol. The number of carbonyl (C=O) groups is 1. The van der Waals surface area contributed by atoms with Crippen LogP contribution in [0.15, 0.2) is 47.4 Å². The molecule has 0 aliphatic carbocycles. The minimum atomic E-state index is -3.85. The van der Waals surface area contributed by atoms with E-state index in [0.717, 1.165) is 12.8 Å². The summed E-state index contributed by atoms with van der Waals surface area (Å²) in [6, 6.07) is 10.5. The molecule has 0 bridgehead atoms. The van der Waals surface area contributed by atoms with Gasteiger partial charge in [0.05, 0.1) is 14.9 Å². The maximum atomic E-state index is 12.7. The summed E-state index contributed by atoms with van der Waals surface area (Å²) in [6.07, 6.45) is 1.91. The molecule has 27 heavy (non-hydrogen) atoms. The van der Waals surface area contributed by atoms with E-state index in [1.54, 1.807) is 23.1 Å². The van der Waals surface area contributed by atoms with E-state index in [0.29, 0.717) is 24.3 Å². The number of hydrogen-bond donors (Lipinski definition) is 1. The number of amides is 1. The molecule has 0 saturated heterocycles. The number of hydrogen-bond acceptors (Lipinski definition) is 3. The van der Waals surface area contributed by atoms with Crippen molar-refractivity contribution in [1.29, 1.82) is 0 Å². The Hall–Kier alpha value is -1.76. The molecular formula is C19H22Cl2N2O3S. The largest absolute Gasteiger partial charge is 0.339 e. The molecule has 2 rings (SSSR count). The van der Waals surface area contributed by atoms with Gasteiger partial charge in [-0.25, -0.2) is 8.42 Å². The molecule has 0 atom stereocenters. The number of halogens is 2. The molecule has 0 spiro atoms. The van der Waals surface area contributed by atoms with Gasteiger partial charge in [-0.3, -0.25) is 9.52 Å². The molecule has 0 unspecified atom stereocenters. The van der Waals surface area contributed by atoms with Gasteiger partial charge < -0.3 is 4.90 Å². The lowest BCUT2D eigenvalue weighted by Gasteiger charge is -2.21. The average molecular weight is 429 g/mol. The molecule has 0 fully saturated rings. The third-order valence-corrected chi connectivity index (χ3v) is 6.13. The minimum Gasteiger partial charge on any atom is -0.339 e. The summed E-state index contributed by atoms with van der Waals surface area (Å²) in [7, 11) is -3.85. The van der Waals surface area contributed by atoms with Crippen LogP contribution in [0.25, 0.3) is 0 Å². The highest BCUT2D eigenvalue weighted by Gasteiger charge is 2.18. The first-order valence-electron chi connectivity index (χ1n) is 8.65. The highest BCUT2D eigenvalue weighted by atomic mass is 35.5. The third kappa shape index (κ3) is 5.61. The van der Waals surface area contributed by atoms with Crippen molar-refractivity contribution in [2.75, 3.05) is 17.8 Å². The van der Waals surface area contributed by atoms with Crippen molar-refractivity contribution in [2.24, 2.45) is 0 Å². The first kappa shape index (κ1) is 21.5. The zero-order chi connectivity index (χ0) is 20.0. The van der Waals surface area contributed by atoms with Crippen molar-refractivity contribution in [2.45, 2.75) is 31.6 Å². The topological polar surface area (TPSA) is 66.5 Å². The number of carbonyl (C=O) groups excluding carboxylic acids is 1. The van der Waals surface area contributed by atoms with Gasteiger partial charge in [-0.1, -0.05) is 42.6 Å². The highest BCUT2D eigenvalue weighted by Crippen LogP contribution is 2.26. The van der Waals surface area contributed by atoms with Crippen LogP contribution in [0.2, 0.25) is 10.0 Å². The van der Waals surface area contributed by atoms with Crippen LogP contribution in [0, 0.1) is 0 Å². The summed E-state index contributed by atoms with van der Waals surface area (Å²) in [5, 5.41) is 0.424. The fourth-order valence-electron chi connectivity index (χ4n) is 2.51. The molecule has 0 aliphatic rings. The molecule has 0 saturated carbocycles. The van der Waals surface area contributed by atoms with Crippen LogP contribution >= 0.6 is 23.2 Å². The zero-order valence-corrected chi connectivity index (χ0v) is 17.5. The lowest BCUT2D eigenvalue weighted by Crippen LogP contribution is -2.31. The second-order valence-electron chi connectivity index (χ2n) is 6.00. The highest BCUT2D eigenvalue weighted by molar-refractivity contribution is 7.92. The molecule has 5 nitrogen and oxygen atoms in total. The Kier molecular flexibility index (Phi) is 7.53. The Bertz CT molecular complexity index is 917. The van der Waals surface area contributed by atoms with Gasteiger partial charge in [0.25, 0.3) is 15.9 Å². The molecule has 1 N–H and O–H groups in total. The van der Waals surface area contributed by atoms with E-state index in [1.165, 1.54) is 24.3 Å². The number of nitrogens with zero attached hydrogens (tertiary/aromatic N) is 1. The van der Waals surface area contributed by atoms with Crippen LogP contribution in [-0.4, -0.2) is 32.3 Å². The van der Waals surface area contributed by atoms with E-state index in [4.69, 9.17) is 23.2 Å². The molecule has 146 valence electrons. The molecule has 0 heterocycles. The summed E-state index contributed by atoms with van der Waals surface area (Å²) in [6.45, 7) is 5.25. The summed E-state index contributed by atoms with van der Waals surface area (Å²) in [5.41, 5.74) is 0.737. The van der Waals surface area contributed by atoms with Gasteiger partial charge in [0.15, 0.2) is 0 Å². The number of rotatable bonds is 8. The van der Waals surface area contributed by atoms with Gasteiger partial charge in [0.1, 0.15) is 0 Å². The lowest BCUT2D eigenvalue weighted by molar-refractivity contribution is 0.0762. The number of benzene rings is 2. The molecule has 8 heteroatoms. The maximum absolute atomic E-state index is 12.7. The van der Waals surface area contributed by atoms with Crippen molar-refractivity contribution in [3.8, 4) is 0 Å². The molecule has 2 aromatic carbocycles. The number of unbranched alkanes of at least 4 members (excludes halogenated alkanes) is 1. The van der Waals surface area contributed by atoms with Crippen molar-refractivity contribution in [3.63, 3.8) is 0 Å². The Morgan fingerprint density at radius 2 is 1.81 bits per heavy atom. The summed E-state index contributed by atoms with van der Waals surface area (Å²) in [4.78, 5) is 14.4. The smallest absolute Gasteiger partial charge is 0.261 e. The quantitative estimate of drug-likeness (QED) is 0.638. The lowest BCUT2D eigenvalue weighted by atomic mass is 10.1. The van der Waals surface area contributed by atoms with Crippen molar-refractivity contribution in [1.82, 2.24) is 4.90 Å². The summed E-state index contributed by atoms with van der Waals surface area (Å²) >= 11 is 11.7. The predicted molar refractivity (Wildman–Crippen MR) is 110 cm³/mol. The van der Waals surface area contributed by atoms with E-state index in [-0.39, 0.29) is 20.8 Å². The zero-order valence-electron chi connectivity index (χ0n) is 15.2. The maximum Gasteiger partial charge on any atom is 0.261 e. The van der Waals surface area contributed by atoms with Crippen LogP contribution in [0.1, 0.15) is 37.0 Å². The third-order valence-electron chi connectivity index (χ3n) is 4.01. The van der Waals surface area contributed by atoms with Crippen LogP contribution in [0.3, 0.4) is 0 Å². The van der Waals surface area contributed by atoms with Gasteiger partial charge in [0.2, 0.25) is 0 Å². The van der Waals surface area contributed by atoms with Crippen molar-refractivity contribution in [3.05, 3.63) is 58.1 Å². The normalized spacial score (nSPS) is 11.3. The number of anilines is 1. The van der Waals surface area contributed by atoms with Gasteiger partial charge in [-0.2, -0.15) is 0 Å². The van der Waals surface area contributed by atoms with E-state index >= 15 is 0 Å². The molecule has 1 amide bonds. The SMILES string of the molecule is CCCCN(CC)C(=O)c1cccc(NS(=O)(=O)c2ccc(Cl)c(Cl)c2)c1. The van der Waals surface area contributed by atoms with E-state index < -0.39 is 10.0 Å². The first-order chi connectivity index (χ1) is 12.8. The minimum absolute atomic E-state index is 0.00763. The fraction of sp³-hybridized carbons (Fsp3) is 0.316. The fourth-order valence-corrected chi connectivity index (χ4v) is 3.95. The van der Waals surface area contributed by atoms with Crippen LogP contribution in [0.5, 0.6) is 0 Å². The van der Waals surface area contributed by atoms with E-state index in [9.17, 15) is 13.2 Å². The van der Waals surface area contributed by atoms with E-state index in [1.807, 2.05) is 6.92 Å². The number of sulfonamides is 1. The second kappa shape index (κ2) is 9.44. The van der Waals surface area contributed by atoms with E-state index in [2.05, 4.69) is 11.6 Å². The Balaban J connectivity index is 2.24. The Labute approximate surface area is 170 Å². The van der Waals surface area contributed by atoms with Gasteiger partial charge in [-0.15, -0.1) is 0 Å². The van der Waals surface area contributed by atoms with Crippen molar-refractivity contribution < 1.29 is 13.2 Å². The molecule has 0 aliphatic heterocycles. The number of nitrogens with one attached hydrogen (secondary N) is 1. The molecule has 0 aromatic heterocycles. The van der Waals surface area contributed by atoms with Gasteiger partial charge in [-0.05, 0) is 49.7 Å². The average Bonchev–Trinajstić information content (AvgIpc) is 2.64. The predicted octanol–water partition coefficient (Wildman–Crippen LogP) is 5.06. The monoisotopic (exact) mass is 428 g/mol. The van der Waals surface area contributed by atoms with Gasteiger partial charge in [0, 0.05) is 24.3 Å². The Morgan fingerprint density at radius 3 is 2.44 bits per heavy atom. The van der Waals surface area contributed by atoms with Crippen LogP contribution < -0.4 is 4.72 Å². The Morgan fingerprint density at radius 1 is 1.07 bits per heavy atom. The summed E-state index contributed by atoms with van der Waals surface area (Å²) < 4.78 is 27.6. The molecule has 2 aromatic rings.